The number of nitrogens with two attached hydrogens (primary N) is 2. The highest BCUT2D eigenvalue weighted by Gasteiger charge is 2.39. The zero-order chi connectivity index (χ0) is 16.9. The molecule has 0 spiro atoms. The molecule has 0 saturated carbocycles. The van der Waals surface area contributed by atoms with Gasteiger partial charge in [0.15, 0.2) is 5.82 Å². The topological polar surface area (TPSA) is 97.4 Å². The molecule has 0 fully saturated rings. The summed E-state index contributed by atoms with van der Waals surface area (Å²) in [5.74, 6) is 1.58. The fourth-order valence-corrected chi connectivity index (χ4v) is 2.78. The standard InChI is InChI=1S/C14H16Cl2N6O/c1-14(2,3)22-11(18)10(17)21(12-13(22)20-23-19-12)7-4-5-8(15)9(16)6-7/h4-6H,17-18H2,1-3H3. The van der Waals surface area contributed by atoms with Crippen LogP contribution in [-0.4, -0.2) is 15.9 Å². The van der Waals surface area contributed by atoms with Gasteiger partial charge in [0.25, 0.3) is 0 Å². The van der Waals surface area contributed by atoms with E-state index in [0.29, 0.717) is 39.0 Å². The SMILES string of the molecule is CC(C)(C)N1C(N)=C(N)N(c2ccc(Cl)c(Cl)c2)c2nonc21. The van der Waals surface area contributed by atoms with E-state index in [1.54, 1.807) is 28.0 Å². The second-order valence-electron chi connectivity index (χ2n) is 6.12. The van der Waals surface area contributed by atoms with Crippen molar-refractivity contribution in [3.05, 3.63) is 39.9 Å². The molecule has 2 heterocycles. The van der Waals surface area contributed by atoms with E-state index in [9.17, 15) is 0 Å². The maximum absolute atomic E-state index is 6.26. The number of benzene rings is 1. The monoisotopic (exact) mass is 354 g/mol. The summed E-state index contributed by atoms with van der Waals surface area (Å²) < 4.78 is 4.92. The molecular weight excluding hydrogens is 339 g/mol. The van der Waals surface area contributed by atoms with Crippen LogP contribution in [-0.2, 0) is 0 Å². The summed E-state index contributed by atoms with van der Waals surface area (Å²) in [6.45, 7) is 5.96. The zero-order valence-corrected chi connectivity index (χ0v) is 14.4. The third-order valence-electron chi connectivity index (χ3n) is 3.45. The van der Waals surface area contributed by atoms with Crippen LogP contribution in [0.15, 0.2) is 34.5 Å². The van der Waals surface area contributed by atoms with Gasteiger partial charge in [-0.25, -0.2) is 4.63 Å². The number of rotatable bonds is 1. The van der Waals surface area contributed by atoms with Crippen LogP contribution in [0, 0.1) is 0 Å². The van der Waals surface area contributed by atoms with Crippen LogP contribution < -0.4 is 21.3 Å². The molecule has 0 atom stereocenters. The molecule has 0 amide bonds. The molecule has 0 radical (unpaired) electrons. The fourth-order valence-electron chi connectivity index (χ4n) is 2.48. The lowest BCUT2D eigenvalue weighted by molar-refractivity contribution is 0.307. The van der Waals surface area contributed by atoms with Gasteiger partial charge >= 0.3 is 0 Å². The van der Waals surface area contributed by atoms with E-state index in [1.807, 2.05) is 20.8 Å². The van der Waals surface area contributed by atoms with Gasteiger partial charge in [0, 0.05) is 5.54 Å². The van der Waals surface area contributed by atoms with Gasteiger partial charge in [-0.05, 0) is 49.3 Å². The lowest BCUT2D eigenvalue weighted by Crippen LogP contribution is -2.49. The summed E-state index contributed by atoms with van der Waals surface area (Å²) in [5.41, 5.74) is 12.8. The Kier molecular flexibility index (Phi) is 3.57. The Morgan fingerprint density at radius 3 is 2.26 bits per heavy atom. The highest BCUT2D eigenvalue weighted by atomic mass is 35.5. The van der Waals surface area contributed by atoms with Crippen molar-refractivity contribution < 1.29 is 4.63 Å². The van der Waals surface area contributed by atoms with E-state index in [4.69, 9.17) is 39.3 Å². The summed E-state index contributed by atoms with van der Waals surface area (Å²) in [4.78, 5) is 3.41. The Morgan fingerprint density at radius 2 is 1.65 bits per heavy atom. The Bertz CT molecular complexity index is 795. The largest absolute Gasteiger partial charge is 0.382 e. The van der Waals surface area contributed by atoms with Gasteiger partial charge in [-0.3, -0.25) is 9.80 Å². The molecule has 3 rings (SSSR count). The van der Waals surface area contributed by atoms with Crippen LogP contribution in [0.25, 0.3) is 0 Å². The number of hydrogen-bond acceptors (Lipinski definition) is 7. The highest BCUT2D eigenvalue weighted by molar-refractivity contribution is 6.42. The number of hydrogen-bond donors (Lipinski definition) is 2. The summed E-state index contributed by atoms with van der Waals surface area (Å²) in [7, 11) is 0. The quantitative estimate of drug-likeness (QED) is 0.811. The van der Waals surface area contributed by atoms with Gasteiger partial charge in [0.1, 0.15) is 5.82 Å². The first-order chi connectivity index (χ1) is 10.7. The molecule has 1 aromatic carbocycles. The van der Waals surface area contributed by atoms with Crippen LogP contribution in [0.4, 0.5) is 17.3 Å². The molecule has 1 aliphatic rings. The molecule has 0 saturated heterocycles. The highest BCUT2D eigenvalue weighted by Crippen LogP contribution is 2.42. The molecule has 7 nitrogen and oxygen atoms in total. The number of aromatic nitrogens is 2. The maximum atomic E-state index is 6.26. The molecule has 0 bridgehead atoms. The molecule has 2 aromatic rings. The van der Waals surface area contributed by atoms with Gasteiger partial charge < -0.3 is 11.5 Å². The van der Waals surface area contributed by atoms with E-state index >= 15 is 0 Å². The van der Waals surface area contributed by atoms with E-state index in [2.05, 4.69) is 10.3 Å². The molecule has 1 aliphatic heterocycles. The number of fused-ring (bicyclic) bond motifs is 1. The minimum atomic E-state index is -0.355. The van der Waals surface area contributed by atoms with Crippen LogP contribution in [0.5, 0.6) is 0 Å². The van der Waals surface area contributed by atoms with Crippen LogP contribution in [0.2, 0.25) is 10.0 Å². The smallest absolute Gasteiger partial charge is 0.228 e. The minimum Gasteiger partial charge on any atom is -0.382 e. The van der Waals surface area contributed by atoms with Gasteiger partial charge in [-0.1, -0.05) is 23.2 Å². The average molecular weight is 355 g/mol. The van der Waals surface area contributed by atoms with Crippen LogP contribution in [0.1, 0.15) is 20.8 Å². The number of halogens is 2. The van der Waals surface area contributed by atoms with Crippen molar-refractivity contribution >= 4 is 40.5 Å². The second kappa shape index (κ2) is 5.21. The van der Waals surface area contributed by atoms with Gasteiger partial charge in [-0.15, -0.1) is 0 Å². The summed E-state index contributed by atoms with van der Waals surface area (Å²) in [6, 6.07) is 5.11. The second-order valence-corrected chi connectivity index (χ2v) is 6.94. The Morgan fingerprint density at radius 1 is 1.00 bits per heavy atom. The molecule has 4 N–H and O–H groups in total. The van der Waals surface area contributed by atoms with Crippen molar-refractivity contribution in [2.45, 2.75) is 26.3 Å². The van der Waals surface area contributed by atoms with Crippen molar-refractivity contribution in [3.63, 3.8) is 0 Å². The maximum Gasteiger partial charge on any atom is 0.228 e. The van der Waals surface area contributed by atoms with E-state index < -0.39 is 0 Å². The van der Waals surface area contributed by atoms with Crippen molar-refractivity contribution in [2.75, 3.05) is 9.80 Å². The Hall–Kier alpha value is -2.12. The molecule has 9 heteroatoms. The first-order valence-electron chi connectivity index (χ1n) is 6.85. The predicted molar refractivity (Wildman–Crippen MR) is 90.5 cm³/mol. The lowest BCUT2D eigenvalue weighted by atomic mass is 10.1. The van der Waals surface area contributed by atoms with Gasteiger partial charge in [-0.2, -0.15) is 0 Å². The van der Waals surface area contributed by atoms with E-state index in [-0.39, 0.29) is 5.54 Å². The van der Waals surface area contributed by atoms with E-state index in [0.717, 1.165) is 0 Å². The predicted octanol–water partition coefficient (Wildman–Crippen LogP) is 3.18. The first kappa shape index (κ1) is 15.8. The van der Waals surface area contributed by atoms with Gasteiger partial charge in [0.05, 0.1) is 15.7 Å². The number of anilines is 3. The van der Waals surface area contributed by atoms with Crippen LogP contribution in [0.3, 0.4) is 0 Å². The zero-order valence-electron chi connectivity index (χ0n) is 12.8. The third-order valence-corrected chi connectivity index (χ3v) is 4.19. The molecule has 0 aliphatic carbocycles. The van der Waals surface area contributed by atoms with Crippen molar-refractivity contribution in [1.82, 2.24) is 10.3 Å². The molecular formula is C14H16Cl2N6O. The summed E-state index contributed by atoms with van der Waals surface area (Å²) >= 11 is 12.1. The third kappa shape index (κ3) is 2.46. The van der Waals surface area contributed by atoms with Gasteiger partial charge in [0.2, 0.25) is 11.6 Å². The molecule has 0 unspecified atom stereocenters. The fraction of sp³-hybridized carbons (Fsp3) is 0.286. The van der Waals surface area contributed by atoms with Crippen molar-refractivity contribution in [2.24, 2.45) is 11.5 Å². The molecule has 1 aromatic heterocycles. The Labute approximate surface area is 143 Å². The molecule has 122 valence electrons. The Balaban J connectivity index is 2.20. The molecule has 23 heavy (non-hydrogen) atoms. The average Bonchev–Trinajstić information content (AvgIpc) is 2.90. The normalized spacial score (nSPS) is 15.2. The van der Waals surface area contributed by atoms with Crippen molar-refractivity contribution in [3.8, 4) is 0 Å². The van der Waals surface area contributed by atoms with Crippen LogP contribution >= 0.6 is 23.2 Å². The van der Waals surface area contributed by atoms with E-state index in [1.165, 1.54) is 0 Å². The minimum absolute atomic E-state index is 0.307. The summed E-state index contributed by atoms with van der Waals surface area (Å²) in [6.07, 6.45) is 0. The lowest BCUT2D eigenvalue weighted by Gasteiger charge is -2.41. The number of nitrogens with zero attached hydrogens (tertiary/aromatic N) is 4. The first-order valence-corrected chi connectivity index (χ1v) is 7.60. The summed E-state index contributed by atoms with van der Waals surface area (Å²) in [5, 5.41) is 8.78. The van der Waals surface area contributed by atoms with Crippen molar-refractivity contribution in [1.29, 1.82) is 0 Å².